The molecular formula is C23H24N4O6. The first kappa shape index (κ1) is 22.3. The number of methoxy groups -OCH3 is 2. The molecule has 1 aromatic carbocycles. The normalized spacial score (nSPS) is 19.7. The van der Waals surface area contributed by atoms with Crippen LogP contribution in [-0.2, 0) is 9.47 Å². The maximum Gasteiger partial charge on any atom is 0.416 e. The zero-order valence-corrected chi connectivity index (χ0v) is 18.3. The van der Waals surface area contributed by atoms with Crippen molar-refractivity contribution in [1.29, 1.82) is 0 Å². The van der Waals surface area contributed by atoms with Crippen molar-refractivity contribution in [2.24, 2.45) is 0 Å². The van der Waals surface area contributed by atoms with E-state index in [4.69, 9.17) is 14.2 Å². The van der Waals surface area contributed by atoms with E-state index in [0.717, 1.165) is 11.1 Å². The number of aromatic nitrogens is 2. The SMILES string of the molecule is C=CCOC(=O)N1c2cc(O)c(OC)cc2C(=O)N2CC=C(c3cncnc3)C[C@H]2C1OC. The van der Waals surface area contributed by atoms with Gasteiger partial charge in [0.25, 0.3) is 5.91 Å². The molecule has 4 rings (SSSR count). The van der Waals surface area contributed by atoms with Gasteiger partial charge in [-0.15, -0.1) is 0 Å². The Labute approximate surface area is 190 Å². The first-order chi connectivity index (χ1) is 16.0. The van der Waals surface area contributed by atoms with Crippen molar-refractivity contribution in [3.63, 3.8) is 0 Å². The molecule has 10 heteroatoms. The van der Waals surface area contributed by atoms with E-state index < -0.39 is 18.4 Å². The van der Waals surface area contributed by atoms with Crippen LogP contribution in [0, 0.1) is 0 Å². The summed E-state index contributed by atoms with van der Waals surface area (Å²) < 4.78 is 16.3. The summed E-state index contributed by atoms with van der Waals surface area (Å²) in [6.45, 7) is 3.83. The summed E-state index contributed by atoms with van der Waals surface area (Å²) in [5.41, 5.74) is 2.10. The molecule has 0 aliphatic carbocycles. The number of amides is 2. The van der Waals surface area contributed by atoms with Gasteiger partial charge in [-0.2, -0.15) is 0 Å². The third kappa shape index (κ3) is 4.00. The van der Waals surface area contributed by atoms with Gasteiger partial charge in [0.2, 0.25) is 0 Å². The first-order valence-electron chi connectivity index (χ1n) is 10.3. The Balaban J connectivity index is 1.85. The van der Waals surface area contributed by atoms with E-state index in [1.54, 1.807) is 17.3 Å². The second-order valence-corrected chi connectivity index (χ2v) is 7.49. The molecule has 2 atom stereocenters. The largest absolute Gasteiger partial charge is 0.504 e. The highest BCUT2D eigenvalue weighted by Crippen LogP contribution is 2.41. The van der Waals surface area contributed by atoms with Crippen LogP contribution in [0.1, 0.15) is 22.3 Å². The second-order valence-electron chi connectivity index (χ2n) is 7.49. The predicted molar refractivity (Wildman–Crippen MR) is 119 cm³/mol. The van der Waals surface area contributed by atoms with Gasteiger partial charge in [-0.05, 0) is 18.1 Å². The van der Waals surface area contributed by atoms with Gasteiger partial charge in [0, 0.05) is 37.7 Å². The quantitative estimate of drug-likeness (QED) is 0.689. The Kier molecular flexibility index (Phi) is 6.27. The molecule has 0 spiro atoms. The smallest absolute Gasteiger partial charge is 0.416 e. The number of hydrogen-bond acceptors (Lipinski definition) is 8. The number of benzene rings is 1. The molecule has 2 aromatic rings. The van der Waals surface area contributed by atoms with Crippen LogP contribution in [0.15, 0.2) is 49.6 Å². The van der Waals surface area contributed by atoms with Crippen LogP contribution in [0.25, 0.3) is 5.57 Å². The standard InChI is InChI=1S/C23H24N4O6/c1-4-7-33-23(30)27-17-10-19(28)20(31-2)9-16(17)21(29)26-6-5-14(8-18(26)22(27)32-3)15-11-24-13-25-12-15/h4-5,9-13,18,22,28H,1,6-8H2,2-3H3/t18-,22?/m0/s1. The van der Waals surface area contributed by atoms with Gasteiger partial charge < -0.3 is 24.2 Å². The molecule has 0 fully saturated rings. The molecule has 0 bridgehead atoms. The summed E-state index contributed by atoms with van der Waals surface area (Å²) in [4.78, 5) is 37.8. The van der Waals surface area contributed by atoms with E-state index in [0.29, 0.717) is 6.42 Å². The first-order valence-corrected chi connectivity index (χ1v) is 10.3. The highest BCUT2D eigenvalue weighted by Gasteiger charge is 2.45. The summed E-state index contributed by atoms with van der Waals surface area (Å²) in [6.07, 6.45) is 6.97. The van der Waals surface area contributed by atoms with Crippen LogP contribution in [0.5, 0.6) is 11.5 Å². The van der Waals surface area contributed by atoms with E-state index in [-0.39, 0.29) is 41.8 Å². The highest BCUT2D eigenvalue weighted by atomic mass is 16.6. The van der Waals surface area contributed by atoms with Crippen molar-refractivity contribution >= 4 is 23.3 Å². The molecule has 0 saturated carbocycles. The van der Waals surface area contributed by atoms with Crippen LogP contribution in [0.3, 0.4) is 0 Å². The van der Waals surface area contributed by atoms with Gasteiger partial charge >= 0.3 is 6.09 Å². The monoisotopic (exact) mass is 452 g/mol. The summed E-state index contributed by atoms with van der Waals surface area (Å²) >= 11 is 0. The van der Waals surface area contributed by atoms with Gasteiger partial charge in [0.15, 0.2) is 17.7 Å². The third-order valence-corrected chi connectivity index (χ3v) is 5.69. The molecule has 2 aliphatic rings. The van der Waals surface area contributed by atoms with E-state index >= 15 is 0 Å². The Hall–Kier alpha value is -3.92. The maximum absolute atomic E-state index is 13.6. The third-order valence-electron chi connectivity index (χ3n) is 5.69. The van der Waals surface area contributed by atoms with Gasteiger partial charge in [-0.25, -0.2) is 19.7 Å². The van der Waals surface area contributed by atoms with Crippen LogP contribution < -0.4 is 9.64 Å². The van der Waals surface area contributed by atoms with Gasteiger partial charge in [0.05, 0.1) is 24.4 Å². The maximum atomic E-state index is 13.6. The average molecular weight is 452 g/mol. The minimum atomic E-state index is -0.895. The fraction of sp³-hybridized carbons (Fsp3) is 0.304. The summed E-state index contributed by atoms with van der Waals surface area (Å²) in [5, 5.41) is 10.4. The molecular weight excluding hydrogens is 428 g/mol. The van der Waals surface area contributed by atoms with Crippen LogP contribution >= 0.6 is 0 Å². The number of nitrogens with zero attached hydrogens (tertiary/aromatic N) is 4. The number of phenolic OH excluding ortho intramolecular Hbond substituents is 1. The topological polar surface area (TPSA) is 114 Å². The Morgan fingerprint density at radius 2 is 2.06 bits per heavy atom. The van der Waals surface area contributed by atoms with Crippen molar-refractivity contribution in [3.05, 3.63) is 60.7 Å². The average Bonchev–Trinajstić information content (AvgIpc) is 2.94. The van der Waals surface area contributed by atoms with E-state index in [2.05, 4.69) is 16.5 Å². The lowest BCUT2D eigenvalue weighted by Gasteiger charge is -2.40. The lowest BCUT2D eigenvalue weighted by Crippen LogP contribution is -2.55. The summed E-state index contributed by atoms with van der Waals surface area (Å²) in [5.74, 6) is -0.432. The molecule has 172 valence electrons. The molecule has 0 saturated heterocycles. The zero-order chi connectivity index (χ0) is 23.5. The fourth-order valence-corrected chi connectivity index (χ4v) is 4.17. The van der Waals surface area contributed by atoms with Crippen LogP contribution in [-0.4, -0.2) is 71.6 Å². The number of hydrogen-bond donors (Lipinski definition) is 1. The van der Waals surface area contributed by atoms with Crippen molar-refractivity contribution in [2.75, 3.05) is 32.3 Å². The molecule has 1 unspecified atom stereocenters. The second kappa shape index (κ2) is 9.29. The van der Waals surface area contributed by atoms with E-state index in [1.807, 2.05) is 6.08 Å². The molecule has 33 heavy (non-hydrogen) atoms. The number of phenols is 1. The van der Waals surface area contributed by atoms with Crippen molar-refractivity contribution in [1.82, 2.24) is 14.9 Å². The van der Waals surface area contributed by atoms with Gasteiger partial charge in [-0.1, -0.05) is 18.7 Å². The van der Waals surface area contributed by atoms with E-state index in [9.17, 15) is 14.7 Å². The molecule has 1 aromatic heterocycles. The highest BCUT2D eigenvalue weighted by molar-refractivity contribution is 6.06. The zero-order valence-electron chi connectivity index (χ0n) is 18.3. The molecule has 2 aliphatic heterocycles. The number of fused-ring (bicyclic) bond motifs is 2. The van der Waals surface area contributed by atoms with E-state index in [1.165, 1.54) is 43.7 Å². The lowest BCUT2D eigenvalue weighted by molar-refractivity contribution is 0.0175. The molecule has 10 nitrogen and oxygen atoms in total. The summed E-state index contributed by atoms with van der Waals surface area (Å²) in [7, 11) is 2.84. The molecule has 3 heterocycles. The number of rotatable bonds is 5. The number of anilines is 1. The van der Waals surface area contributed by atoms with Crippen LogP contribution in [0.2, 0.25) is 0 Å². The molecule has 0 radical (unpaired) electrons. The number of ether oxygens (including phenoxy) is 3. The fourth-order valence-electron chi connectivity index (χ4n) is 4.17. The Bertz CT molecular complexity index is 1100. The number of carbonyl (C=O) groups excluding carboxylic acids is 2. The Morgan fingerprint density at radius 1 is 1.30 bits per heavy atom. The summed E-state index contributed by atoms with van der Waals surface area (Å²) in [6, 6.07) is 2.19. The van der Waals surface area contributed by atoms with Gasteiger partial charge in [-0.3, -0.25) is 4.79 Å². The van der Waals surface area contributed by atoms with Crippen molar-refractivity contribution < 1.29 is 28.9 Å². The van der Waals surface area contributed by atoms with Crippen molar-refractivity contribution in [3.8, 4) is 11.5 Å². The Morgan fingerprint density at radius 3 is 2.73 bits per heavy atom. The molecule has 2 amide bonds. The number of carbonyl (C=O) groups is 2. The van der Waals surface area contributed by atoms with Crippen LogP contribution in [0.4, 0.5) is 10.5 Å². The lowest BCUT2D eigenvalue weighted by atomic mass is 9.94. The predicted octanol–water partition coefficient (Wildman–Crippen LogP) is 2.60. The minimum Gasteiger partial charge on any atom is -0.504 e. The molecule has 1 N–H and O–H groups in total. The van der Waals surface area contributed by atoms with Gasteiger partial charge in [0.1, 0.15) is 12.9 Å². The minimum absolute atomic E-state index is 0.0297. The van der Waals surface area contributed by atoms with Crippen molar-refractivity contribution in [2.45, 2.75) is 18.7 Å². The number of aromatic hydroxyl groups is 1.